The van der Waals surface area contributed by atoms with Crippen LogP contribution in [0.25, 0.3) is 0 Å². The largest absolute Gasteiger partial charge is 0.436 e. The van der Waals surface area contributed by atoms with Crippen LogP contribution in [0.1, 0.15) is 12.0 Å². The molecule has 0 spiro atoms. The van der Waals surface area contributed by atoms with Crippen molar-refractivity contribution in [3.05, 3.63) is 54.0 Å². The van der Waals surface area contributed by atoms with Crippen molar-refractivity contribution in [3.63, 3.8) is 0 Å². The smallest absolute Gasteiger partial charge is 0.255 e. The first-order valence-corrected chi connectivity index (χ1v) is 7.61. The van der Waals surface area contributed by atoms with Gasteiger partial charge in [-0.3, -0.25) is 0 Å². The van der Waals surface area contributed by atoms with Crippen LogP contribution in [0.5, 0.6) is 11.6 Å². The number of pyridine rings is 1. The number of aromatic nitrogens is 1. The summed E-state index contributed by atoms with van der Waals surface area (Å²) in [6, 6.07) is 9.83. The van der Waals surface area contributed by atoms with Crippen molar-refractivity contribution in [2.45, 2.75) is 15.8 Å². The molecular weight excluding hydrogens is 352 g/mol. The van der Waals surface area contributed by atoms with E-state index < -0.39 is 15.2 Å². The van der Waals surface area contributed by atoms with Gasteiger partial charge >= 0.3 is 0 Å². The number of hydrogen-bond acceptors (Lipinski definition) is 3. The second-order valence-corrected chi connectivity index (χ2v) is 7.51. The van der Waals surface area contributed by atoms with E-state index in [-0.39, 0.29) is 12.3 Å². The maximum atomic E-state index is 13.6. The number of rotatable bonds is 4. The molecule has 0 bridgehead atoms. The SMILES string of the molecule is Fc1cccnc1Oc1cccc(C2(CC(Cl)(Cl)Cl)CO2)c1. The highest BCUT2D eigenvalue weighted by atomic mass is 35.6. The third-order valence-corrected chi connectivity index (χ3v) is 3.68. The van der Waals surface area contributed by atoms with Gasteiger partial charge in [-0.25, -0.2) is 9.37 Å². The second kappa shape index (κ2) is 5.85. The minimum atomic E-state index is -1.42. The lowest BCUT2D eigenvalue weighted by molar-refractivity contribution is 0.294. The Morgan fingerprint density at radius 3 is 2.68 bits per heavy atom. The molecule has 3 nitrogen and oxygen atoms in total. The third-order valence-electron chi connectivity index (χ3n) is 3.28. The fourth-order valence-corrected chi connectivity index (χ4v) is 2.83. The van der Waals surface area contributed by atoms with E-state index in [9.17, 15) is 4.39 Å². The zero-order chi connectivity index (χ0) is 15.8. The van der Waals surface area contributed by atoms with Crippen LogP contribution in [0.3, 0.4) is 0 Å². The van der Waals surface area contributed by atoms with Gasteiger partial charge in [-0.05, 0) is 29.8 Å². The highest BCUT2D eigenvalue weighted by Crippen LogP contribution is 2.50. The van der Waals surface area contributed by atoms with Gasteiger partial charge in [-0.15, -0.1) is 0 Å². The molecule has 0 N–H and O–H groups in total. The zero-order valence-corrected chi connectivity index (χ0v) is 13.5. The molecule has 0 saturated carbocycles. The number of halogens is 4. The maximum absolute atomic E-state index is 13.6. The van der Waals surface area contributed by atoms with Crippen molar-refractivity contribution in [2.24, 2.45) is 0 Å². The molecular formula is C15H11Cl3FNO2. The number of hydrogen-bond donors (Lipinski definition) is 0. The lowest BCUT2D eigenvalue weighted by atomic mass is 9.97. The molecule has 116 valence electrons. The molecule has 22 heavy (non-hydrogen) atoms. The van der Waals surface area contributed by atoms with E-state index in [2.05, 4.69) is 4.98 Å². The van der Waals surface area contributed by atoms with Crippen LogP contribution in [0.15, 0.2) is 42.6 Å². The summed E-state index contributed by atoms with van der Waals surface area (Å²) < 4.78 is 23.1. The van der Waals surface area contributed by atoms with Crippen molar-refractivity contribution >= 4 is 34.8 Å². The van der Waals surface area contributed by atoms with E-state index >= 15 is 0 Å². The molecule has 1 atom stereocenters. The summed E-state index contributed by atoms with van der Waals surface area (Å²) in [5, 5.41) is 0. The fourth-order valence-electron chi connectivity index (χ4n) is 2.18. The normalized spacial score (nSPS) is 20.7. The molecule has 0 aliphatic carbocycles. The van der Waals surface area contributed by atoms with E-state index in [1.54, 1.807) is 18.2 Å². The molecule has 2 aromatic rings. The zero-order valence-electron chi connectivity index (χ0n) is 11.2. The van der Waals surface area contributed by atoms with Crippen LogP contribution in [0, 0.1) is 5.82 Å². The summed E-state index contributed by atoms with van der Waals surface area (Å²) in [5.74, 6) is -0.187. The Hall–Kier alpha value is -1.07. The second-order valence-electron chi connectivity index (χ2n) is 5.00. The summed E-state index contributed by atoms with van der Waals surface area (Å²) >= 11 is 17.6. The number of benzene rings is 1. The van der Waals surface area contributed by atoms with E-state index in [0.29, 0.717) is 12.4 Å². The van der Waals surface area contributed by atoms with Crippen LogP contribution < -0.4 is 4.74 Å². The van der Waals surface area contributed by atoms with Gasteiger partial charge in [0.1, 0.15) is 11.4 Å². The Labute approximate surface area is 141 Å². The van der Waals surface area contributed by atoms with Gasteiger partial charge in [-0.1, -0.05) is 46.9 Å². The molecule has 1 fully saturated rings. The van der Waals surface area contributed by atoms with E-state index in [1.165, 1.54) is 18.3 Å². The van der Waals surface area contributed by atoms with Crippen LogP contribution >= 0.6 is 34.8 Å². The molecule has 1 aliphatic heterocycles. The molecule has 7 heteroatoms. The summed E-state index contributed by atoms with van der Waals surface area (Å²) in [6.07, 6.45) is 1.68. The van der Waals surface area contributed by atoms with Gasteiger partial charge in [0.15, 0.2) is 9.61 Å². The predicted molar refractivity (Wildman–Crippen MR) is 83.2 cm³/mol. The molecule has 1 aromatic heterocycles. The van der Waals surface area contributed by atoms with Crippen molar-refractivity contribution in [3.8, 4) is 11.6 Å². The summed E-state index contributed by atoms with van der Waals surface area (Å²) in [7, 11) is 0. The first-order chi connectivity index (χ1) is 10.4. The van der Waals surface area contributed by atoms with Crippen molar-refractivity contribution in [1.29, 1.82) is 0 Å². The number of alkyl halides is 3. The molecule has 1 aromatic carbocycles. The van der Waals surface area contributed by atoms with Gasteiger partial charge in [0.05, 0.1) is 6.61 Å². The lowest BCUT2D eigenvalue weighted by Crippen LogP contribution is -2.18. The minimum Gasteiger partial charge on any atom is -0.436 e. The van der Waals surface area contributed by atoms with E-state index in [4.69, 9.17) is 44.3 Å². The van der Waals surface area contributed by atoms with Crippen LogP contribution in [0.4, 0.5) is 4.39 Å². The molecule has 1 unspecified atom stereocenters. The minimum absolute atomic E-state index is 0.0909. The van der Waals surface area contributed by atoms with E-state index in [1.807, 2.05) is 6.07 Å². The van der Waals surface area contributed by atoms with Crippen LogP contribution in [-0.2, 0) is 10.3 Å². The first kappa shape index (κ1) is 15.8. The molecule has 1 saturated heterocycles. The van der Waals surface area contributed by atoms with Gasteiger partial charge in [0, 0.05) is 12.6 Å². The monoisotopic (exact) mass is 361 g/mol. The Balaban J connectivity index is 1.83. The Morgan fingerprint density at radius 2 is 2.05 bits per heavy atom. The number of epoxide rings is 1. The van der Waals surface area contributed by atoms with Gasteiger partial charge in [-0.2, -0.15) is 0 Å². The van der Waals surface area contributed by atoms with Crippen molar-refractivity contribution < 1.29 is 13.9 Å². The Morgan fingerprint density at radius 1 is 1.27 bits per heavy atom. The van der Waals surface area contributed by atoms with E-state index in [0.717, 1.165) is 5.56 Å². The van der Waals surface area contributed by atoms with Crippen LogP contribution in [-0.4, -0.2) is 15.4 Å². The summed E-state index contributed by atoms with van der Waals surface area (Å²) in [4.78, 5) is 3.85. The fraction of sp³-hybridized carbons (Fsp3) is 0.267. The lowest BCUT2D eigenvalue weighted by Gasteiger charge is -2.18. The maximum Gasteiger partial charge on any atom is 0.255 e. The molecule has 0 radical (unpaired) electrons. The van der Waals surface area contributed by atoms with Gasteiger partial charge in [0.2, 0.25) is 0 Å². The average molecular weight is 363 g/mol. The highest BCUT2D eigenvalue weighted by molar-refractivity contribution is 6.67. The van der Waals surface area contributed by atoms with Gasteiger partial charge in [0.25, 0.3) is 5.88 Å². The van der Waals surface area contributed by atoms with Gasteiger partial charge < -0.3 is 9.47 Å². The third kappa shape index (κ3) is 3.63. The average Bonchev–Trinajstić information content (AvgIpc) is 3.21. The molecule has 3 rings (SSSR count). The highest BCUT2D eigenvalue weighted by Gasteiger charge is 2.51. The number of nitrogens with zero attached hydrogens (tertiary/aromatic N) is 1. The molecule has 0 amide bonds. The summed E-state index contributed by atoms with van der Waals surface area (Å²) in [6.45, 7) is 0.461. The molecule has 1 aliphatic rings. The van der Waals surface area contributed by atoms with Crippen LogP contribution in [0.2, 0.25) is 0 Å². The van der Waals surface area contributed by atoms with Crippen molar-refractivity contribution in [1.82, 2.24) is 4.98 Å². The topological polar surface area (TPSA) is 34.6 Å². The van der Waals surface area contributed by atoms with Crippen molar-refractivity contribution in [2.75, 3.05) is 6.61 Å². The standard InChI is InChI=1S/C15H11Cl3FNO2/c16-15(17,18)8-14(9-21-14)10-3-1-4-11(7-10)22-13-12(19)5-2-6-20-13/h1-7H,8-9H2. The quantitative estimate of drug-likeness (QED) is 0.567. The number of ether oxygens (including phenoxy) is 2. The summed E-state index contributed by atoms with van der Waals surface area (Å²) in [5.41, 5.74) is 0.181. The molecule has 2 heterocycles. The predicted octanol–water partition coefficient (Wildman–Crippen LogP) is 5.00. The first-order valence-electron chi connectivity index (χ1n) is 6.48. The Bertz CT molecular complexity index is 686. The Kier molecular flexibility index (Phi) is 4.21.